The number of ether oxygens (including phenoxy) is 1. The highest BCUT2D eigenvalue weighted by Crippen LogP contribution is 2.50. The second kappa shape index (κ2) is 6.31. The molecule has 0 unspecified atom stereocenters. The van der Waals surface area contributed by atoms with Gasteiger partial charge in [-0.2, -0.15) is 5.26 Å². The molecule has 3 aromatic rings. The van der Waals surface area contributed by atoms with Gasteiger partial charge in [0.05, 0.1) is 31.0 Å². The van der Waals surface area contributed by atoms with E-state index >= 15 is 0 Å². The van der Waals surface area contributed by atoms with Crippen LogP contribution in [0.3, 0.4) is 0 Å². The highest BCUT2D eigenvalue weighted by Gasteiger charge is 2.45. The van der Waals surface area contributed by atoms with Crippen molar-refractivity contribution in [2.45, 2.75) is 44.9 Å². The van der Waals surface area contributed by atoms with Gasteiger partial charge in [-0.3, -0.25) is 4.40 Å². The molecule has 1 N–H and O–H groups in total. The van der Waals surface area contributed by atoms with Crippen LogP contribution in [0, 0.1) is 28.6 Å². The van der Waals surface area contributed by atoms with Crippen molar-refractivity contribution in [3.63, 3.8) is 0 Å². The molecule has 3 atom stereocenters. The van der Waals surface area contributed by atoms with E-state index in [1.54, 1.807) is 6.20 Å². The predicted molar refractivity (Wildman–Crippen MR) is 100.0 cm³/mol. The van der Waals surface area contributed by atoms with E-state index in [1.807, 2.05) is 12.3 Å². The van der Waals surface area contributed by atoms with Crippen LogP contribution in [0.5, 0.6) is 0 Å². The van der Waals surface area contributed by atoms with Crippen molar-refractivity contribution in [1.29, 1.82) is 5.26 Å². The maximum Gasteiger partial charge on any atom is 0.179 e. The molecule has 3 aromatic heterocycles. The van der Waals surface area contributed by atoms with Crippen LogP contribution in [-0.2, 0) is 4.74 Å². The first kappa shape index (κ1) is 16.7. The summed E-state index contributed by atoms with van der Waals surface area (Å²) in [7, 11) is 0. The number of hydrogen-bond donors (Lipinski definition) is 1. The molecule has 7 heteroatoms. The number of aromatic amines is 1. The summed E-state index contributed by atoms with van der Waals surface area (Å²) in [6.45, 7) is 3.75. The lowest BCUT2D eigenvalue weighted by Gasteiger charge is -2.41. The van der Waals surface area contributed by atoms with Gasteiger partial charge in [-0.15, -0.1) is 10.2 Å². The van der Waals surface area contributed by atoms with Crippen molar-refractivity contribution in [3.05, 3.63) is 24.3 Å². The first-order chi connectivity index (χ1) is 13.2. The second-order valence-corrected chi connectivity index (χ2v) is 8.37. The van der Waals surface area contributed by atoms with Crippen molar-refractivity contribution >= 4 is 16.8 Å². The SMILES string of the molecule is CC[C@@H]1C[C@@H](CC2(CC#N)COC2)C[C@@H]1c1nnc2cnc3[nH]ccc3n12. The van der Waals surface area contributed by atoms with Crippen molar-refractivity contribution in [1.82, 2.24) is 24.6 Å². The van der Waals surface area contributed by atoms with Crippen LogP contribution in [-0.4, -0.2) is 37.8 Å². The third kappa shape index (κ3) is 2.62. The summed E-state index contributed by atoms with van der Waals surface area (Å²) in [4.78, 5) is 7.61. The largest absolute Gasteiger partial charge is 0.380 e. The minimum atomic E-state index is 0.0807. The van der Waals surface area contributed by atoms with E-state index < -0.39 is 0 Å². The van der Waals surface area contributed by atoms with Gasteiger partial charge in [-0.25, -0.2) is 4.98 Å². The standard InChI is InChI=1S/C20H24N6O/c1-2-14-7-13(9-20(4-5-21)11-27-12-20)8-15(14)19-25-24-17-10-23-18-16(26(17)19)3-6-22-18/h3,6,10,13-15,22H,2,4,7-9,11-12H2,1H3/t13-,14-,15+/m1/s1. The molecule has 7 nitrogen and oxygen atoms in total. The first-order valence-electron chi connectivity index (χ1n) is 9.85. The predicted octanol–water partition coefficient (Wildman–Crippen LogP) is 3.45. The summed E-state index contributed by atoms with van der Waals surface area (Å²) in [6, 6.07) is 4.42. The molecule has 0 radical (unpaired) electrons. The lowest BCUT2D eigenvalue weighted by atomic mass is 9.74. The summed E-state index contributed by atoms with van der Waals surface area (Å²) in [5.41, 5.74) is 2.80. The Morgan fingerprint density at radius 2 is 2.26 bits per heavy atom. The molecule has 5 rings (SSSR count). The van der Waals surface area contributed by atoms with Crippen LogP contribution >= 0.6 is 0 Å². The molecule has 2 fully saturated rings. The zero-order valence-corrected chi connectivity index (χ0v) is 15.6. The molecule has 140 valence electrons. The molecule has 1 saturated heterocycles. The monoisotopic (exact) mass is 364 g/mol. The molecule has 4 heterocycles. The van der Waals surface area contributed by atoms with Crippen LogP contribution in [0.1, 0.15) is 50.8 Å². The Kier molecular flexibility index (Phi) is 3.90. The van der Waals surface area contributed by atoms with Crippen LogP contribution in [0.2, 0.25) is 0 Å². The maximum atomic E-state index is 9.20. The Hall–Kier alpha value is -2.46. The van der Waals surface area contributed by atoms with Gasteiger partial charge in [0.15, 0.2) is 11.3 Å². The Morgan fingerprint density at radius 1 is 1.37 bits per heavy atom. The Morgan fingerprint density at radius 3 is 3.00 bits per heavy atom. The summed E-state index contributed by atoms with van der Waals surface area (Å²) >= 11 is 0. The minimum absolute atomic E-state index is 0.0807. The van der Waals surface area contributed by atoms with Gasteiger partial charge in [-0.05, 0) is 37.2 Å². The van der Waals surface area contributed by atoms with Gasteiger partial charge in [-0.1, -0.05) is 13.3 Å². The van der Waals surface area contributed by atoms with Crippen LogP contribution in [0.4, 0.5) is 0 Å². The van der Waals surface area contributed by atoms with E-state index in [9.17, 15) is 5.26 Å². The zero-order valence-electron chi connectivity index (χ0n) is 15.6. The number of hydrogen-bond acceptors (Lipinski definition) is 5. The van der Waals surface area contributed by atoms with Crippen molar-refractivity contribution in [3.8, 4) is 6.07 Å². The highest BCUT2D eigenvalue weighted by molar-refractivity contribution is 5.74. The van der Waals surface area contributed by atoms with Crippen molar-refractivity contribution in [2.75, 3.05) is 13.2 Å². The summed E-state index contributed by atoms with van der Waals surface area (Å²) < 4.78 is 7.63. The second-order valence-electron chi connectivity index (χ2n) is 8.37. The van der Waals surface area contributed by atoms with Gasteiger partial charge >= 0.3 is 0 Å². The fourth-order valence-electron chi connectivity index (χ4n) is 5.28. The number of nitriles is 1. The van der Waals surface area contributed by atoms with E-state index in [0.717, 1.165) is 55.1 Å². The molecule has 0 bridgehead atoms. The molecule has 1 aliphatic heterocycles. The fourth-order valence-corrected chi connectivity index (χ4v) is 5.28. The van der Waals surface area contributed by atoms with Gasteiger partial charge in [0, 0.05) is 24.0 Å². The maximum absolute atomic E-state index is 9.20. The van der Waals surface area contributed by atoms with E-state index in [-0.39, 0.29) is 5.41 Å². The topological polar surface area (TPSA) is 91.9 Å². The molecular weight excluding hydrogens is 340 g/mol. The number of H-pyrrole nitrogens is 1. The highest BCUT2D eigenvalue weighted by atomic mass is 16.5. The molecule has 1 saturated carbocycles. The van der Waals surface area contributed by atoms with Crippen LogP contribution < -0.4 is 0 Å². The van der Waals surface area contributed by atoms with Crippen molar-refractivity contribution in [2.24, 2.45) is 17.3 Å². The van der Waals surface area contributed by atoms with Crippen molar-refractivity contribution < 1.29 is 4.74 Å². The molecule has 2 aliphatic rings. The van der Waals surface area contributed by atoms with Gasteiger partial charge in [0.25, 0.3) is 0 Å². The van der Waals surface area contributed by atoms with E-state index in [2.05, 4.69) is 37.6 Å². The third-order valence-electron chi connectivity index (χ3n) is 6.61. The quantitative estimate of drug-likeness (QED) is 0.749. The first-order valence-corrected chi connectivity index (χ1v) is 9.85. The number of aromatic nitrogens is 5. The lowest BCUT2D eigenvalue weighted by molar-refractivity contribution is -0.121. The Bertz CT molecular complexity index is 1010. The number of nitrogens with zero attached hydrogens (tertiary/aromatic N) is 5. The third-order valence-corrected chi connectivity index (χ3v) is 6.61. The fraction of sp³-hybridized carbons (Fsp3) is 0.600. The average molecular weight is 364 g/mol. The van der Waals surface area contributed by atoms with E-state index in [1.165, 1.54) is 6.42 Å². The van der Waals surface area contributed by atoms with Gasteiger partial charge in [0.1, 0.15) is 5.82 Å². The molecular formula is C20H24N6O. The summed E-state index contributed by atoms with van der Waals surface area (Å²) in [5, 5.41) is 18.2. The summed E-state index contributed by atoms with van der Waals surface area (Å²) in [6.07, 6.45) is 8.85. The number of nitrogens with one attached hydrogen (secondary N) is 1. The molecule has 0 amide bonds. The molecule has 0 spiro atoms. The normalized spacial score (nSPS) is 27.0. The zero-order chi connectivity index (χ0) is 18.4. The van der Waals surface area contributed by atoms with Gasteiger partial charge < -0.3 is 9.72 Å². The molecule has 27 heavy (non-hydrogen) atoms. The Labute approximate surface area is 157 Å². The minimum Gasteiger partial charge on any atom is -0.380 e. The van der Waals surface area contributed by atoms with E-state index in [0.29, 0.717) is 24.2 Å². The smallest absolute Gasteiger partial charge is 0.179 e. The Balaban J connectivity index is 1.47. The molecule has 1 aliphatic carbocycles. The number of fused-ring (bicyclic) bond motifs is 3. The van der Waals surface area contributed by atoms with Crippen LogP contribution in [0.15, 0.2) is 18.5 Å². The number of rotatable bonds is 5. The van der Waals surface area contributed by atoms with E-state index in [4.69, 9.17) is 4.74 Å². The summed E-state index contributed by atoms with van der Waals surface area (Å²) in [5.74, 6) is 2.68. The average Bonchev–Trinajstić information content (AvgIpc) is 3.35. The van der Waals surface area contributed by atoms with Gasteiger partial charge in [0.2, 0.25) is 0 Å². The van der Waals surface area contributed by atoms with Crippen LogP contribution in [0.25, 0.3) is 16.8 Å². The lowest BCUT2D eigenvalue weighted by Crippen LogP contribution is -2.43. The molecule has 0 aromatic carbocycles.